The quantitative estimate of drug-likeness (QED) is 0.539. The molecule has 0 bridgehead atoms. The lowest BCUT2D eigenvalue weighted by atomic mass is 10.1. The maximum absolute atomic E-state index is 12.5. The predicted molar refractivity (Wildman–Crippen MR) is 109 cm³/mol. The fraction of sp³-hybridized carbons (Fsp3) is 0.300. The summed E-state index contributed by atoms with van der Waals surface area (Å²) in [6.45, 7) is 3.15. The van der Waals surface area contributed by atoms with Crippen LogP contribution in [-0.2, 0) is 0 Å². The number of methoxy groups -OCH3 is 1. The summed E-state index contributed by atoms with van der Waals surface area (Å²) in [6, 6.07) is 11.1. The molecule has 0 saturated heterocycles. The normalized spacial score (nSPS) is 10.6. The van der Waals surface area contributed by atoms with Crippen LogP contribution >= 0.6 is 11.6 Å². The molecule has 1 aromatic heterocycles. The van der Waals surface area contributed by atoms with E-state index in [-0.39, 0.29) is 5.91 Å². The minimum absolute atomic E-state index is 0.258. The zero-order valence-electron chi connectivity index (χ0n) is 16.3. The first-order valence-corrected chi connectivity index (χ1v) is 9.55. The number of carbonyl (C=O) groups is 1. The number of rotatable bonds is 9. The van der Waals surface area contributed by atoms with Gasteiger partial charge in [0.05, 0.1) is 30.0 Å². The molecule has 8 nitrogen and oxygen atoms in total. The van der Waals surface area contributed by atoms with Gasteiger partial charge in [0.15, 0.2) is 0 Å². The Labute approximate surface area is 173 Å². The molecule has 1 N–H and O–H groups in total. The van der Waals surface area contributed by atoms with Gasteiger partial charge in [-0.05, 0) is 48.4 Å². The number of hydrogen-bond donors (Lipinski definition) is 1. The van der Waals surface area contributed by atoms with Crippen molar-refractivity contribution in [2.75, 3.05) is 20.3 Å². The van der Waals surface area contributed by atoms with Crippen LogP contribution < -0.4 is 14.8 Å². The summed E-state index contributed by atoms with van der Waals surface area (Å²) in [5.41, 5.74) is 2.07. The van der Waals surface area contributed by atoms with E-state index >= 15 is 0 Å². The first-order valence-electron chi connectivity index (χ1n) is 9.17. The van der Waals surface area contributed by atoms with E-state index in [0.717, 1.165) is 18.6 Å². The van der Waals surface area contributed by atoms with Crippen LogP contribution in [0.4, 0.5) is 0 Å². The number of aromatic nitrogens is 4. The SMILES string of the molecule is COc1cc(-n2cnnn2)c(Cl)cc1C(=O)NCCCCOc1ccc(C)cc1. The number of nitrogens with zero attached hydrogens (tertiary/aromatic N) is 4. The van der Waals surface area contributed by atoms with E-state index in [4.69, 9.17) is 21.1 Å². The highest BCUT2D eigenvalue weighted by atomic mass is 35.5. The fourth-order valence-electron chi connectivity index (χ4n) is 2.68. The molecule has 3 aromatic rings. The van der Waals surface area contributed by atoms with Crippen molar-refractivity contribution >= 4 is 17.5 Å². The summed E-state index contributed by atoms with van der Waals surface area (Å²) < 4.78 is 12.4. The Hall–Kier alpha value is -3.13. The molecule has 1 amide bonds. The van der Waals surface area contributed by atoms with Crippen LogP contribution in [-0.4, -0.2) is 46.4 Å². The average Bonchev–Trinajstić information content (AvgIpc) is 3.26. The lowest BCUT2D eigenvalue weighted by Gasteiger charge is -2.12. The summed E-state index contributed by atoms with van der Waals surface area (Å²) in [6.07, 6.45) is 3.03. The second-order valence-corrected chi connectivity index (χ2v) is 6.79. The van der Waals surface area contributed by atoms with Crippen molar-refractivity contribution in [1.82, 2.24) is 25.5 Å². The topological polar surface area (TPSA) is 91.2 Å². The van der Waals surface area contributed by atoms with Crippen LogP contribution in [0.25, 0.3) is 5.69 Å². The highest BCUT2D eigenvalue weighted by Gasteiger charge is 2.17. The maximum atomic E-state index is 12.5. The number of aryl methyl sites for hydroxylation is 1. The molecule has 0 spiro atoms. The van der Waals surface area contributed by atoms with Gasteiger partial charge in [-0.3, -0.25) is 4.79 Å². The Bertz CT molecular complexity index is 946. The van der Waals surface area contributed by atoms with Gasteiger partial charge in [0.2, 0.25) is 0 Å². The molecular weight excluding hydrogens is 394 g/mol. The van der Waals surface area contributed by atoms with Gasteiger partial charge >= 0.3 is 0 Å². The average molecular weight is 416 g/mol. The van der Waals surface area contributed by atoms with Crippen LogP contribution in [0.5, 0.6) is 11.5 Å². The third-order valence-corrected chi connectivity index (χ3v) is 4.56. The van der Waals surface area contributed by atoms with Crippen LogP contribution in [0.15, 0.2) is 42.7 Å². The molecule has 0 aliphatic rings. The number of unbranched alkanes of at least 4 members (excludes halogenated alkanes) is 1. The molecule has 0 saturated carbocycles. The van der Waals surface area contributed by atoms with Crippen molar-refractivity contribution < 1.29 is 14.3 Å². The zero-order chi connectivity index (χ0) is 20.6. The van der Waals surface area contributed by atoms with Gasteiger partial charge in [0.25, 0.3) is 5.91 Å². The Morgan fingerprint density at radius 3 is 2.69 bits per heavy atom. The molecule has 2 aromatic carbocycles. The van der Waals surface area contributed by atoms with E-state index in [0.29, 0.717) is 35.2 Å². The molecule has 0 atom stereocenters. The number of carbonyl (C=O) groups excluding carboxylic acids is 1. The van der Waals surface area contributed by atoms with E-state index in [2.05, 4.69) is 20.8 Å². The molecule has 0 aliphatic heterocycles. The van der Waals surface area contributed by atoms with E-state index in [9.17, 15) is 4.79 Å². The lowest BCUT2D eigenvalue weighted by Crippen LogP contribution is -2.25. The fourth-order valence-corrected chi connectivity index (χ4v) is 2.94. The monoisotopic (exact) mass is 415 g/mol. The summed E-state index contributed by atoms with van der Waals surface area (Å²) in [7, 11) is 1.49. The first-order chi connectivity index (χ1) is 14.1. The van der Waals surface area contributed by atoms with Crippen molar-refractivity contribution in [3.63, 3.8) is 0 Å². The maximum Gasteiger partial charge on any atom is 0.255 e. The van der Waals surface area contributed by atoms with Gasteiger partial charge < -0.3 is 14.8 Å². The van der Waals surface area contributed by atoms with Crippen LogP contribution in [0.2, 0.25) is 5.02 Å². The number of nitrogens with one attached hydrogen (secondary N) is 1. The van der Waals surface area contributed by atoms with Gasteiger partial charge in [-0.2, -0.15) is 4.68 Å². The van der Waals surface area contributed by atoms with Crippen LogP contribution in [0.1, 0.15) is 28.8 Å². The van der Waals surface area contributed by atoms with E-state index in [1.54, 1.807) is 12.1 Å². The third-order valence-electron chi connectivity index (χ3n) is 4.26. The number of hydrogen-bond acceptors (Lipinski definition) is 6. The smallest absolute Gasteiger partial charge is 0.255 e. The largest absolute Gasteiger partial charge is 0.496 e. The van der Waals surface area contributed by atoms with Gasteiger partial charge in [0.1, 0.15) is 17.8 Å². The Kier molecular flexibility index (Phi) is 7.02. The minimum Gasteiger partial charge on any atom is -0.496 e. The number of ether oxygens (including phenoxy) is 2. The highest BCUT2D eigenvalue weighted by molar-refractivity contribution is 6.33. The second kappa shape index (κ2) is 9.88. The van der Waals surface area contributed by atoms with E-state index in [1.807, 2.05) is 31.2 Å². The van der Waals surface area contributed by atoms with Crippen molar-refractivity contribution in [3.8, 4) is 17.2 Å². The molecule has 0 radical (unpaired) electrons. The molecule has 152 valence electrons. The molecule has 3 rings (SSSR count). The van der Waals surface area contributed by atoms with Gasteiger partial charge in [-0.25, -0.2) is 0 Å². The Morgan fingerprint density at radius 2 is 2.00 bits per heavy atom. The predicted octanol–water partition coefficient (Wildman–Crippen LogP) is 3.22. The van der Waals surface area contributed by atoms with E-state index < -0.39 is 0 Å². The van der Waals surface area contributed by atoms with Gasteiger partial charge in [-0.1, -0.05) is 29.3 Å². The van der Waals surface area contributed by atoms with Gasteiger partial charge in [0, 0.05) is 12.6 Å². The van der Waals surface area contributed by atoms with Crippen LogP contribution in [0.3, 0.4) is 0 Å². The summed E-state index contributed by atoms with van der Waals surface area (Å²) in [4.78, 5) is 12.5. The zero-order valence-corrected chi connectivity index (χ0v) is 17.0. The van der Waals surface area contributed by atoms with Crippen molar-refractivity contribution in [2.45, 2.75) is 19.8 Å². The number of halogens is 1. The van der Waals surface area contributed by atoms with Crippen molar-refractivity contribution in [1.29, 1.82) is 0 Å². The molecule has 0 fully saturated rings. The molecular formula is C20H22ClN5O3. The van der Waals surface area contributed by atoms with E-state index in [1.165, 1.54) is 23.7 Å². The van der Waals surface area contributed by atoms with Crippen molar-refractivity contribution in [2.24, 2.45) is 0 Å². The molecule has 9 heteroatoms. The number of amides is 1. The summed E-state index contributed by atoms with van der Waals surface area (Å²) in [5, 5.41) is 14.2. The van der Waals surface area contributed by atoms with Crippen LogP contribution in [0, 0.1) is 6.92 Å². The summed E-state index contributed by atoms with van der Waals surface area (Å²) >= 11 is 6.30. The Balaban J connectivity index is 1.50. The lowest BCUT2D eigenvalue weighted by molar-refractivity contribution is 0.0949. The highest BCUT2D eigenvalue weighted by Crippen LogP contribution is 2.29. The number of benzene rings is 2. The third kappa shape index (κ3) is 5.45. The molecule has 0 unspecified atom stereocenters. The standard InChI is InChI=1S/C20H22ClN5O3/c1-14-5-7-15(8-6-14)29-10-4-3-9-22-20(27)16-11-17(21)18(12-19(16)28-2)26-13-23-24-25-26/h5-8,11-13H,3-4,9-10H2,1-2H3,(H,22,27). The number of tetrazole rings is 1. The van der Waals surface area contributed by atoms with Gasteiger partial charge in [-0.15, -0.1) is 5.10 Å². The molecule has 0 aliphatic carbocycles. The Morgan fingerprint density at radius 1 is 1.21 bits per heavy atom. The first kappa shape index (κ1) is 20.6. The second-order valence-electron chi connectivity index (χ2n) is 6.38. The van der Waals surface area contributed by atoms with Crippen molar-refractivity contribution in [3.05, 3.63) is 58.9 Å². The summed E-state index contributed by atoms with van der Waals surface area (Å²) in [5.74, 6) is 0.980. The molecule has 29 heavy (non-hydrogen) atoms. The minimum atomic E-state index is -0.258. The molecule has 1 heterocycles.